The zero-order valence-electron chi connectivity index (χ0n) is 19.2. The fourth-order valence-corrected chi connectivity index (χ4v) is 4.05. The van der Waals surface area contributed by atoms with E-state index in [1.54, 1.807) is 0 Å². The Morgan fingerprint density at radius 2 is 1.78 bits per heavy atom. The number of nitrogens with one attached hydrogen (secondary N) is 2. The van der Waals surface area contributed by atoms with Gasteiger partial charge in [-0.1, -0.05) is 34.4 Å². The predicted octanol–water partition coefficient (Wildman–Crippen LogP) is 5.52. The highest BCUT2D eigenvalue weighted by Gasteiger charge is 2.63. The van der Waals surface area contributed by atoms with Crippen LogP contribution in [0.15, 0.2) is 35.5 Å². The van der Waals surface area contributed by atoms with Crippen LogP contribution >= 0.6 is 23.2 Å². The summed E-state index contributed by atoms with van der Waals surface area (Å²) in [6, 6.07) is 5.67. The van der Waals surface area contributed by atoms with Crippen LogP contribution in [-0.2, 0) is 15.2 Å². The molecule has 0 unspecified atom stereocenters. The van der Waals surface area contributed by atoms with Gasteiger partial charge in [-0.3, -0.25) is 9.59 Å². The van der Waals surface area contributed by atoms with Crippen LogP contribution in [-0.4, -0.2) is 42.7 Å². The number of nitrogens with zero attached hydrogens (tertiary/aromatic N) is 1. The van der Waals surface area contributed by atoms with Crippen molar-refractivity contribution in [3.05, 3.63) is 68.4 Å². The van der Waals surface area contributed by atoms with Gasteiger partial charge in [-0.05, 0) is 42.3 Å². The Balaban J connectivity index is 1.79. The summed E-state index contributed by atoms with van der Waals surface area (Å²) in [6.07, 6.45) is -6.01. The molecule has 0 aliphatic carbocycles. The van der Waals surface area contributed by atoms with Gasteiger partial charge in [0.2, 0.25) is 5.91 Å². The average molecular weight is 570 g/mol. The molecule has 1 heterocycles. The molecule has 0 saturated carbocycles. The number of amides is 2. The molecule has 0 radical (unpaired) electrons. The number of alkyl halides is 5. The molecule has 200 valence electrons. The van der Waals surface area contributed by atoms with Gasteiger partial charge in [-0.25, -0.2) is 13.2 Å². The number of hydrogen-bond acceptors (Lipinski definition) is 4. The van der Waals surface area contributed by atoms with E-state index in [9.17, 15) is 35.9 Å². The zero-order chi connectivity index (χ0) is 27.8. The first-order chi connectivity index (χ1) is 17.0. The average Bonchev–Trinajstić information content (AvgIpc) is 3.24. The molecule has 1 atom stereocenters. The van der Waals surface area contributed by atoms with E-state index in [1.165, 1.54) is 25.1 Å². The van der Waals surface area contributed by atoms with Gasteiger partial charge in [0.25, 0.3) is 17.4 Å². The van der Waals surface area contributed by atoms with E-state index in [0.717, 1.165) is 12.1 Å². The number of rotatable bonds is 7. The second-order valence-corrected chi connectivity index (χ2v) is 9.28. The van der Waals surface area contributed by atoms with E-state index in [2.05, 4.69) is 10.5 Å². The minimum absolute atomic E-state index is 0.0756. The standard InChI is InChI=1S/C23H19Cl2F6N3O3/c1-11-5-12(3-4-14(11)20(36)32-9-18(35)33-10-21(2,27)28)17-8-22(37-34-17,23(29,30)31)15-6-13(24)7-16(25)19(15)26/h3-7H,8-10H2,1-2H3,(H,32,36)(H,33,35)/t22-/m1/s1. The molecule has 1 aliphatic rings. The number of carbonyl (C=O) groups is 2. The van der Waals surface area contributed by atoms with E-state index in [0.29, 0.717) is 12.5 Å². The molecule has 2 aromatic rings. The van der Waals surface area contributed by atoms with E-state index >= 15 is 0 Å². The fraction of sp³-hybridized carbons (Fsp3) is 0.348. The van der Waals surface area contributed by atoms with Crippen LogP contribution in [0.4, 0.5) is 26.3 Å². The maximum absolute atomic E-state index is 14.6. The Kier molecular flexibility index (Phi) is 8.04. The summed E-state index contributed by atoms with van der Waals surface area (Å²) < 4.78 is 82.8. The maximum atomic E-state index is 14.6. The lowest BCUT2D eigenvalue weighted by atomic mass is 9.85. The van der Waals surface area contributed by atoms with Crippen LogP contribution < -0.4 is 10.6 Å². The summed E-state index contributed by atoms with van der Waals surface area (Å²) in [5.41, 5.74) is -3.75. The number of carbonyl (C=O) groups excluding carboxylic acids is 2. The summed E-state index contributed by atoms with van der Waals surface area (Å²) in [4.78, 5) is 28.9. The van der Waals surface area contributed by atoms with Crippen molar-refractivity contribution < 1.29 is 40.8 Å². The minimum Gasteiger partial charge on any atom is -0.374 e. The van der Waals surface area contributed by atoms with E-state index in [-0.39, 0.29) is 21.9 Å². The predicted molar refractivity (Wildman–Crippen MR) is 124 cm³/mol. The lowest BCUT2D eigenvalue weighted by Crippen LogP contribution is -2.43. The van der Waals surface area contributed by atoms with Crippen LogP contribution in [0, 0.1) is 12.7 Å². The van der Waals surface area contributed by atoms with Crippen LogP contribution in [0.2, 0.25) is 10.0 Å². The lowest BCUT2D eigenvalue weighted by Gasteiger charge is -2.30. The van der Waals surface area contributed by atoms with Gasteiger partial charge in [-0.2, -0.15) is 13.2 Å². The quantitative estimate of drug-likeness (QED) is 0.340. The monoisotopic (exact) mass is 569 g/mol. The van der Waals surface area contributed by atoms with E-state index < -0.39 is 65.4 Å². The molecule has 6 nitrogen and oxygen atoms in total. The summed E-state index contributed by atoms with van der Waals surface area (Å²) in [5, 5.41) is 6.93. The van der Waals surface area contributed by atoms with Crippen LogP contribution in [0.25, 0.3) is 0 Å². The SMILES string of the molecule is Cc1cc(C2=NO[C@](c3cc(Cl)cc(Cl)c3F)(C(F)(F)F)C2)ccc1C(=O)NCC(=O)NCC(C)(F)F. The molecule has 0 fully saturated rings. The maximum Gasteiger partial charge on any atom is 0.435 e. The Hall–Kier alpha value is -2.99. The highest BCUT2D eigenvalue weighted by molar-refractivity contribution is 6.34. The zero-order valence-corrected chi connectivity index (χ0v) is 20.7. The van der Waals surface area contributed by atoms with E-state index in [4.69, 9.17) is 28.0 Å². The van der Waals surface area contributed by atoms with Crippen LogP contribution in [0.3, 0.4) is 0 Å². The number of hydrogen-bond donors (Lipinski definition) is 2. The normalized spacial score (nSPS) is 17.7. The summed E-state index contributed by atoms with van der Waals surface area (Å²) in [6.45, 7) is 0.637. The molecule has 37 heavy (non-hydrogen) atoms. The fourth-order valence-electron chi connectivity index (χ4n) is 3.56. The molecular weight excluding hydrogens is 551 g/mol. The summed E-state index contributed by atoms with van der Waals surface area (Å²) in [7, 11) is 0. The van der Waals surface area contributed by atoms with Gasteiger partial charge in [0.1, 0.15) is 5.82 Å². The molecule has 0 aromatic heterocycles. The molecule has 0 spiro atoms. The van der Waals surface area contributed by atoms with Gasteiger partial charge < -0.3 is 15.5 Å². The second kappa shape index (κ2) is 10.4. The molecule has 0 saturated heterocycles. The third-order valence-electron chi connectivity index (χ3n) is 5.42. The summed E-state index contributed by atoms with van der Waals surface area (Å²) in [5.74, 6) is -6.02. The third-order valence-corrected chi connectivity index (χ3v) is 5.92. The van der Waals surface area contributed by atoms with Gasteiger partial charge >= 0.3 is 6.18 Å². The van der Waals surface area contributed by atoms with Crippen molar-refractivity contribution in [2.75, 3.05) is 13.1 Å². The number of aryl methyl sites for hydroxylation is 1. The Bertz CT molecular complexity index is 1260. The van der Waals surface area contributed by atoms with Gasteiger partial charge in [-0.15, -0.1) is 0 Å². The number of oxime groups is 1. The molecule has 3 rings (SSSR count). The van der Waals surface area contributed by atoms with Gasteiger partial charge in [0.15, 0.2) is 0 Å². The van der Waals surface area contributed by atoms with Crippen molar-refractivity contribution in [3.8, 4) is 0 Å². The van der Waals surface area contributed by atoms with Gasteiger partial charge in [0.05, 0.1) is 30.2 Å². The highest BCUT2D eigenvalue weighted by atomic mass is 35.5. The molecule has 1 aliphatic heterocycles. The van der Waals surface area contributed by atoms with Crippen LogP contribution in [0.5, 0.6) is 0 Å². The number of benzene rings is 2. The number of halogens is 8. The first-order valence-corrected chi connectivity index (χ1v) is 11.3. The minimum atomic E-state index is -5.11. The lowest BCUT2D eigenvalue weighted by molar-refractivity contribution is -0.276. The molecule has 2 amide bonds. The molecule has 14 heteroatoms. The molecule has 2 aromatic carbocycles. The summed E-state index contributed by atoms with van der Waals surface area (Å²) >= 11 is 11.5. The Morgan fingerprint density at radius 1 is 1.11 bits per heavy atom. The van der Waals surface area contributed by atoms with Crippen molar-refractivity contribution in [3.63, 3.8) is 0 Å². The van der Waals surface area contributed by atoms with E-state index in [1.807, 2.05) is 5.32 Å². The van der Waals surface area contributed by atoms with Crippen molar-refractivity contribution >= 4 is 40.7 Å². The molecule has 0 bridgehead atoms. The molecule has 2 N–H and O–H groups in total. The van der Waals surface area contributed by atoms with Crippen molar-refractivity contribution in [2.24, 2.45) is 5.16 Å². The Morgan fingerprint density at radius 3 is 2.38 bits per heavy atom. The van der Waals surface area contributed by atoms with Crippen molar-refractivity contribution in [2.45, 2.75) is 38.0 Å². The Labute approximate surface area is 216 Å². The largest absolute Gasteiger partial charge is 0.435 e. The van der Waals surface area contributed by atoms with Gasteiger partial charge in [0, 0.05) is 23.1 Å². The van der Waals surface area contributed by atoms with Crippen molar-refractivity contribution in [1.82, 2.24) is 10.6 Å². The topological polar surface area (TPSA) is 79.8 Å². The highest BCUT2D eigenvalue weighted by Crippen LogP contribution is 2.50. The second-order valence-electron chi connectivity index (χ2n) is 8.44. The van der Waals surface area contributed by atoms with Crippen molar-refractivity contribution in [1.29, 1.82) is 0 Å². The smallest absolute Gasteiger partial charge is 0.374 e. The van der Waals surface area contributed by atoms with Crippen LogP contribution in [0.1, 0.15) is 40.4 Å². The third kappa shape index (κ3) is 6.30. The first kappa shape index (κ1) is 28.6. The first-order valence-electron chi connectivity index (χ1n) is 10.5. The molecular formula is C23H19Cl2F6N3O3.